The monoisotopic (exact) mass is 583 g/mol. The summed E-state index contributed by atoms with van der Waals surface area (Å²) in [5.74, 6) is 1.22. The number of likely N-dealkylation sites (tertiary alicyclic amines) is 1. The average Bonchev–Trinajstić information content (AvgIpc) is 3.54. The number of amides is 1. The molecule has 1 amide bonds. The normalized spacial score (nSPS) is 16.3. The SMILES string of the molecule is COCCCn1c([C@@H]2CCCN(C(=O)C[C@H](C)Cc3ccc(-n4c(=O)[nH]c5ccc(F)cc54)cc3)C2)nc2ccccc21. The van der Waals surface area contributed by atoms with E-state index in [1.807, 2.05) is 35.2 Å². The van der Waals surface area contributed by atoms with Crippen LogP contribution in [0.15, 0.2) is 71.5 Å². The fraction of sp³-hybridized carbons (Fsp3) is 0.382. The maximum atomic E-state index is 13.8. The third-order valence-corrected chi connectivity index (χ3v) is 8.50. The highest BCUT2D eigenvalue weighted by molar-refractivity contribution is 5.78. The van der Waals surface area contributed by atoms with Gasteiger partial charge in [-0.1, -0.05) is 31.2 Å². The van der Waals surface area contributed by atoms with Crippen molar-refractivity contribution in [3.63, 3.8) is 0 Å². The molecule has 1 aliphatic heterocycles. The maximum absolute atomic E-state index is 13.8. The van der Waals surface area contributed by atoms with Crippen molar-refractivity contribution in [1.82, 2.24) is 24.0 Å². The number of nitrogens with one attached hydrogen (secondary N) is 1. The first-order chi connectivity index (χ1) is 20.9. The third-order valence-electron chi connectivity index (χ3n) is 8.50. The van der Waals surface area contributed by atoms with E-state index in [1.165, 1.54) is 16.7 Å². The molecule has 3 aromatic carbocycles. The van der Waals surface area contributed by atoms with Crippen LogP contribution in [0.2, 0.25) is 0 Å². The van der Waals surface area contributed by atoms with Crippen LogP contribution in [0.4, 0.5) is 4.39 Å². The summed E-state index contributed by atoms with van der Waals surface area (Å²) < 4.78 is 22.9. The fourth-order valence-corrected chi connectivity index (χ4v) is 6.44. The first-order valence-corrected chi connectivity index (χ1v) is 15.1. The standard InChI is InChI=1S/C34H38FN5O3/c1-23(19-24-10-13-27(14-11-24)40-31-21-26(35)12-15-29(31)37-34(40)42)20-32(41)38-16-5-7-25(22-38)33-36-28-8-3-4-9-30(28)39(33)17-6-18-43-2/h3-4,8-15,21,23,25H,5-7,16-20,22H2,1-2H3,(H,37,42)/t23-,25-/m1/s1. The third kappa shape index (κ3) is 6.13. The average molecular weight is 584 g/mol. The largest absolute Gasteiger partial charge is 0.385 e. The first-order valence-electron chi connectivity index (χ1n) is 15.1. The predicted molar refractivity (Wildman–Crippen MR) is 166 cm³/mol. The second-order valence-corrected chi connectivity index (χ2v) is 11.7. The molecule has 1 fully saturated rings. The van der Waals surface area contributed by atoms with E-state index >= 15 is 0 Å². The van der Waals surface area contributed by atoms with E-state index in [0.29, 0.717) is 36.3 Å². The lowest BCUT2D eigenvalue weighted by Crippen LogP contribution is -2.40. The lowest BCUT2D eigenvalue weighted by molar-refractivity contribution is -0.133. The van der Waals surface area contributed by atoms with Gasteiger partial charge in [-0.2, -0.15) is 0 Å². The Bertz CT molecular complexity index is 1790. The number of halogens is 1. The van der Waals surface area contributed by atoms with Gasteiger partial charge in [0, 0.05) is 51.8 Å². The number of methoxy groups -OCH3 is 1. The van der Waals surface area contributed by atoms with Crippen LogP contribution in [0, 0.1) is 11.7 Å². The molecule has 224 valence electrons. The number of imidazole rings is 2. The molecular weight excluding hydrogens is 545 g/mol. The molecule has 1 saturated heterocycles. The molecule has 0 spiro atoms. The summed E-state index contributed by atoms with van der Waals surface area (Å²) in [5, 5.41) is 0. The number of aromatic nitrogens is 4. The highest BCUT2D eigenvalue weighted by Crippen LogP contribution is 2.30. The summed E-state index contributed by atoms with van der Waals surface area (Å²) in [6.45, 7) is 5.11. The predicted octanol–water partition coefficient (Wildman–Crippen LogP) is 5.82. The van der Waals surface area contributed by atoms with Crippen LogP contribution in [0.25, 0.3) is 27.8 Å². The van der Waals surface area contributed by atoms with Gasteiger partial charge in [-0.25, -0.2) is 14.2 Å². The van der Waals surface area contributed by atoms with Crippen molar-refractivity contribution in [2.75, 3.05) is 26.8 Å². The minimum Gasteiger partial charge on any atom is -0.385 e. The van der Waals surface area contributed by atoms with Gasteiger partial charge in [0.15, 0.2) is 0 Å². The van der Waals surface area contributed by atoms with Gasteiger partial charge in [0.2, 0.25) is 5.91 Å². The van der Waals surface area contributed by atoms with E-state index in [0.717, 1.165) is 61.2 Å². The molecule has 0 bridgehead atoms. The van der Waals surface area contributed by atoms with Gasteiger partial charge in [0.25, 0.3) is 0 Å². The zero-order chi connectivity index (χ0) is 29.9. The summed E-state index contributed by atoms with van der Waals surface area (Å²) in [5.41, 5.74) is 4.68. The van der Waals surface area contributed by atoms with Crippen molar-refractivity contribution in [2.45, 2.75) is 51.5 Å². The highest BCUT2D eigenvalue weighted by atomic mass is 19.1. The Morgan fingerprint density at radius 1 is 1.12 bits per heavy atom. The number of aromatic amines is 1. The number of aryl methyl sites for hydroxylation is 1. The zero-order valence-corrected chi connectivity index (χ0v) is 24.8. The summed E-state index contributed by atoms with van der Waals surface area (Å²) >= 11 is 0. The first kappa shape index (κ1) is 28.9. The summed E-state index contributed by atoms with van der Waals surface area (Å²) in [6.07, 6.45) is 4.11. The molecule has 3 heterocycles. The minimum absolute atomic E-state index is 0.155. The quantitative estimate of drug-likeness (QED) is 0.210. The molecule has 0 aliphatic carbocycles. The van der Waals surface area contributed by atoms with E-state index < -0.39 is 5.82 Å². The van der Waals surface area contributed by atoms with Crippen LogP contribution in [-0.4, -0.2) is 56.7 Å². The van der Waals surface area contributed by atoms with Gasteiger partial charge in [-0.05, 0) is 73.6 Å². The van der Waals surface area contributed by atoms with Crippen molar-refractivity contribution >= 4 is 28.0 Å². The summed E-state index contributed by atoms with van der Waals surface area (Å²) in [7, 11) is 1.73. The number of ether oxygens (including phenoxy) is 1. The molecule has 8 nitrogen and oxygen atoms in total. The van der Waals surface area contributed by atoms with E-state index in [9.17, 15) is 14.0 Å². The van der Waals surface area contributed by atoms with Crippen molar-refractivity contribution in [3.8, 4) is 5.69 Å². The lowest BCUT2D eigenvalue weighted by atomic mass is 9.94. The maximum Gasteiger partial charge on any atom is 0.331 e. The number of nitrogens with zero attached hydrogens (tertiary/aromatic N) is 4. The molecule has 2 atom stereocenters. The Labute approximate surface area is 250 Å². The van der Waals surface area contributed by atoms with Crippen LogP contribution in [0.3, 0.4) is 0 Å². The van der Waals surface area contributed by atoms with Crippen LogP contribution in [0.5, 0.6) is 0 Å². The number of hydrogen-bond donors (Lipinski definition) is 1. The number of piperidine rings is 1. The second kappa shape index (κ2) is 12.6. The molecule has 0 saturated carbocycles. The Kier molecular flexibility index (Phi) is 8.42. The molecular formula is C34H38FN5O3. The second-order valence-electron chi connectivity index (χ2n) is 11.7. The summed E-state index contributed by atoms with van der Waals surface area (Å²) in [4.78, 5) is 35.8. The number of fused-ring (bicyclic) bond motifs is 2. The van der Waals surface area contributed by atoms with Gasteiger partial charge >= 0.3 is 5.69 Å². The Balaban J connectivity index is 1.10. The van der Waals surface area contributed by atoms with Crippen LogP contribution >= 0.6 is 0 Å². The van der Waals surface area contributed by atoms with Crippen LogP contribution in [0.1, 0.15) is 49.9 Å². The van der Waals surface area contributed by atoms with Crippen LogP contribution < -0.4 is 5.69 Å². The molecule has 5 aromatic rings. The smallest absolute Gasteiger partial charge is 0.331 e. The number of hydrogen-bond acceptors (Lipinski definition) is 4. The zero-order valence-electron chi connectivity index (χ0n) is 24.8. The summed E-state index contributed by atoms with van der Waals surface area (Å²) in [6, 6.07) is 20.2. The molecule has 1 aliphatic rings. The topological polar surface area (TPSA) is 85.1 Å². The van der Waals surface area contributed by atoms with E-state index in [4.69, 9.17) is 9.72 Å². The van der Waals surface area contributed by atoms with Gasteiger partial charge in [-0.3, -0.25) is 9.36 Å². The Morgan fingerprint density at radius 3 is 2.74 bits per heavy atom. The number of para-hydroxylation sites is 2. The van der Waals surface area contributed by atoms with Crippen molar-refractivity contribution in [2.24, 2.45) is 5.92 Å². The van der Waals surface area contributed by atoms with Crippen molar-refractivity contribution < 1.29 is 13.9 Å². The highest BCUT2D eigenvalue weighted by Gasteiger charge is 2.29. The Hall–Kier alpha value is -4.24. The molecule has 0 radical (unpaired) electrons. The fourth-order valence-electron chi connectivity index (χ4n) is 6.44. The van der Waals surface area contributed by atoms with Gasteiger partial charge in [0.05, 0.1) is 27.8 Å². The number of carbonyl (C=O) groups excluding carboxylic acids is 1. The number of benzene rings is 3. The van der Waals surface area contributed by atoms with Crippen LogP contribution in [-0.2, 0) is 22.5 Å². The molecule has 1 N–H and O–H groups in total. The van der Waals surface area contributed by atoms with Gasteiger partial charge in [0.1, 0.15) is 11.6 Å². The molecule has 0 unspecified atom stereocenters. The molecule has 2 aromatic heterocycles. The van der Waals surface area contributed by atoms with Gasteiger partial charge < -0.3 is 19.2 Å². The van der Waals surface area contributed by atoms with Gasteiger partial charge in [-0.15, -0.1) is 0 Å². The van der Waals surface area contributed by atoms with E-state index in [-0.39, 0.29) is 23.4 Å². The number of carbonyl (C=O) groups is 1. The minimum atomic E-state index is -0.392. The van der Waals surface area contributed by atoms with Crippen molar-refractivity contribution in [3.05, 3.63) is 94.4 Å². The molecule has 9 heteroatoms. The van der Waals surface area contributed by atoms with E-state index in [1.54, 1.807) is 13.2 Å². The molecule has 43 heavy (non-hydrogen) atoms. The van der Waals surface area contributed by atoms with Crippen molar-refractivity contribution in [1.29, 1.82) is 0 Å². The van der Waals surface area contributed by atoms with E-state index in [2.05, 4.69) is 34.7 Å². The Morgan fingerprint density at radius 2 is 1.93 bits per heavy atom. The number of H-pyrrole nitrogens is 1. The lowest BCUT2D eigenvalue weighted by Gasteiger charge is -2.33. The molecule has 6 rings (SSSR count). The number of rotatable bonds is 10.